The highest BCUT2D eigenvalue weighted by Gasteiger charge is 2.45. The highest BCUT2D eigenvalue weighted by atomic mass is 35.5. The van der Waals surface area contributed by atoms with Gasteiger partial charge < -0.3 is 31.3 Å². The molecule has 0 aliphatic carbocycles. The van der Waals surface area contributed by atoms with Crippen molar-refractivity contribution in [3.05, 3.63) is 0 Å². The lowest BCUT2D eigenvalue weighted by Crippen LogP contribution is -2.59. The summed E-state index contributed by atoms with van der Waals surface area (Å²) in [4.78, 5) is 64.5. The van der Waals surface area contributed by atoms with E-state index in [-0.39, 0.29) is 49.3 Å². The normalized spacial score (nSPS) is 20.1. The molecule has 11 nitrogen and oxygen atoms in total. The lowest BCUT2D eigenvalue weighted by molar-refractivity contribution is -0.142. The fourth-order valence-electron chi connectivity index (χ4n) is 4.39. The monoisotopic (exact) mass is 593 g/mol. The van der Waals surface area contributed by atoms with E-state index in [0.717, 1.165) is 0 Å². The molecule has 0 aromatic rings. The second-order valence-electron chi connectivity index (χ2n) is 12.0. The van der Waals surface area contributed by atoms with Gasteiger partial charge in [-0.3, -0.25) is 19.2 Å². The van der Waals surface area contributed by atoms with Crippen molar-refractivity contribution in [2.45, 2.75) is 90.3 Å². The number of rotatable bonds is 13. The van der Waals surface area contributed by atoms with Crippen molar-refractivity contribution in [3.63, 3.8) is 0 Å². The van der Waals surface area contributed by atoms with E-state index < -0.39 is 58.4 Å². The Morgan fingerprint density at radius 2 is 1.62 bits per heavy atom. The Bertz CT molecular complexity index is 893. The van der Waals surface area contributed by atoms with Crippen molar-refractivity contribution >= 4 is 52.7 Å². The number of hydrogen-bond acceptors (Lipinski definition) is 6. The molecule has 0 radical (unpaired) electrons. The molecule has 5 amide bonds. The van der Waals surface area contributed by atoms with Gasteiger partial charge in [0.15, 0.2) is 0 Å². The van der Waals surface area contributed by atoms with Crippen LogP contribution in [0.5, 0.6) is 0 Å². The molecular formula is C26H45Cl2N5O6. The quantitative estimate of drug-likeness (QED) is 0.189. The maximum Gasteiger partial charge on any atom is 0.315 e. The van der Waals surface area contributed by atoms with Gasteiger partial charge in [0.1, 0.15) is 16.9 Å². The van der Waals surface area contributed by atoms with Gasteiger partial charge in [0.2, 0.25) is 17.6 Å². The fraction of sp³-hybridized carbons (Fsp3) is 0.808. The van der Waals surface area contributed by atoms with Crippen LogP contribution in [0, 0.1) is 23.2 Å². The predicted molar refractivity (Wildman–Crippen MR) is 150 cm³/mol. The number of ether oxygens (including phenoxy) is 1. The van der Waals surface area contributed by atoms with Gasteiger partial charge in [-0.1, -0.05) is 48.5 Å². The van der Waals surface area contributed by atoms with E-state index >= 15 is 0 Å². The first-order valence-corrected chi connectivity index (χ1v) is 14.1. The zero-order valence-corrected chi connectivity index (χ0v) is 25.7. The number of ketones is 1. The number of amides is 5. The molecule has 0 saturated carbocycles. The van der Waals surface area contributed by atoms with Gasteiger partial charge in [0.25, 0.3) is 5.91 Å². The van der Waals surface area contributed by atoms with Crippen LogP contribution in [0.4, 0.5) is 4.79 Å². The van der Waals surface area contributed by atoms with Gasteiger partial charge in [-0.25, -0.2) is 4.79 Å². The van der Waals surface area contributed by atoms with Gasteiger partial charge >= 0.3 is 6.03 Å². The van der Waals surface area contributed by atoms with Crippen LogP contribution in [0.2, 0.25) is 0 Å². The van der Waals surface area contributed by atoms with Gasteiger partial charge in [0, 0.05) is 19.6 Å². The number of primary amides is 1. The molecular weight excluding hydrogens is 549 g/mol. The van der Waals surface area contributed by atoms with Crippen LogP contribution in [-0.2, 0) is 23.9 Å². The summed E-state index contributed by atoms with van der Waals surface area (Å²) in [5.74, 6) is -3.95. The topological polar surface area (TPSA) is 160 Å². The Morgan fingerprint density at radius 1 is 1.03 bits per heavy atom. The van der Waals surface area contributed by atoms with Crippen molar-refractivity contribution in [2.75, 3.05) is 20.3 Å². The lowest BCUT2D eigenvalue weighted by Gasteiger charge is -2.34. The van der Waals surface area contributed by atoms with E-state index in [1.807, 2.05) is 34.6 Å². The predicted octanol–water partition coefficient (Wildman–Crippen LogP) is 1.98. The number of carbonyl (C=O) groups is 5. The zero-order chi connectivity index (χ0) is 30.2. The molecule has 0 aromatic heterocycles. The van der Waals surface area contributed by atoms with Crippen LogP contribution in [0.25, 0.3) is 0 Å². The average molecular weight is 595 g/mol. The van der Waals surface area contributed by atoms with Gasteiger partial charge in [-0.2, -0.15) is 0 Å². The van der Waals surface area contributed by atoms with E-state index in [0.29, 0.717) is 0 Å². The summed E-state index contributed by atoms with van der Waals surface area (Å²) in [5, 5.41) is 8.21. The van der Waals surface area contributed by atoms with Crippen molar-refractivity contribution in [3.8, 4) is 0 Å². The first-order chi connectivity index (χ1) is 17.9. The van der Waals surface area contributed by atoms with Gasteiger partial charge in [-0.15, -0.1) is 23.2 Å². The van der Waals surface area contributed by atoms with Crippen molar-refractivity contribution in [1.82, 2.24) is 20.9 Å². The molecule has 1 fully saturated rings. The molecule has 0 bridgehead atoms. The number of methoxy groups -OCH3 is 1. The number of alkyl halides is 2. The smallest absolute Gasteiger partial charge is 0.315 e. The molecule has 1 aliphatic heterocycles. The minimum atomic E-state index is -1.16. The van der Waals surface area contributed by atoms with E-state index in [1.165, 1.54) is 12.0 Å². The number of halogens is 2. The molecule has 1 aliphatic rings. The van der Waals surface area contributed by atoms with Crippen LogP contribution < -0.4 is 21.7 Å². The summed E-state index contributed by atoms with van der Waals surface area (Å²) in [6.45, 7) is 13.5. The SMILES string of the molecule is COCC(NC(=O)NC(C(=O)N1C[C@H](C(Cl)Cl)CC1C(=O)NC(CC(C)C)C(=O)C(N)=O)C(C)C)C(C)(C)C. The molecule has 1 heterocycles. The molecule has 5 atom stereocenters. The summed E-state index contributed by atoms with van der Waals surface area (Å²) in [7, 11) is 1.54. The molecule has 39 heavy (non-hydrogen) atoms. The third-order valence-corrected chi connectivity index (χ3v) is 7.47. The molecule has 4 unspecified atom stereocenters. The van der Waals surface area contributed by atoms with Gasteiger partial charge in [0.05, 0.1) is 18.7 Å². The highest BCUT2D eigenvalue weighted by Crippen LogP contribution is 2.32. The maximum atomic E-state index is 13.8. The molecule has 1 rings (SSSR count). The summed E-state index contributed by atoms with van der Waals surface area (Å²) in [5.41, 5.74) is 4.88. The summed E-state index contributed by atoms with van der Waals surface area (Å²) in [6, 6.07) is -3.99. The molecule has 0 aromatic carbocycles. The lowest BCUT2D eigenvalue weighted by atomic mass is 9.87. The number of hydrogen-bond donors (Lipinski definition) is 4. The van der Waals surface area contributed by atoms with Crippen molar-refractivity contribution < 1.29 is 28.7 Å². The first-order valence-electron chi connectivity index (χ1n) is 13.2. The molecule has 224 valence electrons. The Hall–Kier alpha value is -2.11. The minimum absolute atomic E-state index is 0.0224. The Labute approximate surface area is 241 Å². The van der Waals surface area contributed by atoms with Crippen molar-refractivity contribution in [1.29, 1.82) is 0 Å². The van der Waals surface area contributed by atoms with Crippen LogP contribution >= 0.6 is 23.2 Å². The van der Waals surface area contributed by atoms with Gasteiger partial charge in [-0.05, 0) is 30.1 Å². The molecule has 1 saturated heterocycles. The van der Waals surface area contributed by atoms with E-state index in [9.17, 15) is 24.0 Å². The fourth-order valence-corrected chi connectivity index (χ4v) is 4.76. The van der Waals surface area contributed by atoms with Crippen LogP contribution in [0.15, 0.2) is 0 Å². The largest absolute Gasteiger partial charge is 0.383 e. The second-order valence-corrected chi connectivity index (χ2v) is 13.1. The van der Waals surface area contributed by atoms with Crippen LogP contribution in [0.3, 0.4) is 0 Å². The number of nitrogens with two attached hydrogens (primary N) is 1. The number of likely N-dealkylation sites (tertiary alicyclic amines) is 1. The number of Topliss-reactive ketones (excluding diaryl/α,β-unsaturated/α-hetero) is 1. The van der Waals surface area contributed by atoms with E-state index in [2.05, 4.69) is 16.0 Å². The molecule has 0 spiro atoms. The standard InChI is InChI=1S/C26H45Cl2N5O6/c1-13(2)9-16(20(34)22(29)35)30-23(36)17-10-15(21(27)28)11-33(17)24(37)19(14(3)4)32-25(38)31-18(12-39-8)26(5,6)7/h13-19,21H,9-12H2,1-8H3,(H2,29,35)(H,30,36)(H2,31,32,38)/t15-,16?,17?,18?,19?/m1/s1. The van der Waals surface area contributed by atoms with E-state index in [1.54, 1.807) is 13.8 Å². The zero-order valence-electron chi connectivity index (χ0n) is 24.2. The Morgan fingerprint density at radius 3 is 2.05 bits per heavy atom. The first kappa shape index (κ1) is 34.9. The van der Waals surface area contributed by atoms with E-state index in [4.69, 9.17) is 33.7 Å². The number of urea groups is 1. The third kappa shape index (κ3) is 10.4. The number of carbonyl (C=O) groups excluding carboxylic acids is 5. The number of nitrogens with zero attached hydrogens (tertiary/aromatic N) is 1. The van der Waals surface area contributed by atoms with Crippen molar-refractivity contribution in [2.24, 2.45) is 28.9 Å². The summed E-state index contributed by atoms with van der Waals surface area (Å²) >= 11 is 12.3. The average Bonchev–Trinajstić information content (AvgIpc) is 3.26. The third-order valence-electron chi connectivity index (χ3n) is 6.76. The number of nitrogens with one attached hydrogen (secondary N) is 3. The minimum Gasteiger partial charge on any atom is -0.383 e. The summed E-state index contributed by atoms with van der Waals surface area (Å²) in [6.07, 6.45) is 0.337. The second kappa shape index (κ2) is 15.0. The van der Waals surface area contributed by atoms with Crippen LogP contribution in [0.1, 0.15) is 61.3 Å². The molecule has 13 heteroatoms. The maximum absolute atomic E-state index is 13.8. The highest BCUT2D eigenvalue weighted by molar-refractivity contribution is 6.44. The summed E-state index contributed by atoms with van der Waals surface area (Å²) < 4.78 is 5.23. The Kier molecular flexibility index (Phi) is 13.5. The molecule has 5 N–H and O–H groups in total. The van der Waals surface area contributed by atoms with Crippen LogP contribution in [-0.4, -0.2) is 83.7 Å². The Balaban J connectivity index is 3.20.